The number of aromatic nitrogens is 2. The third kappa shape index (κ3) is 3.26. The fraction of sp³-hybridized carbons (Fsp3) is 0.692. The van der Waals surface area contributed by atoms with Crippen LogP contribution in [-0.2, 0) is 11.3 Å². The quantitative estimate of drug-likeness (QED) is 0.822. The molecule has 0 unspecified atom stereocenters. The summed E-state index contributed by atoms with van der Waals surface area (Å²) in [5.74, 6) is 0.572. The predicted molar refractivity (Wildman–Crippen MR) is 72.8 cm³/mol. The lowest BCUT2D eigenvalue weighted by molar-refractivity contribution is 0.0521. The Bertz CT molecular complexity index is 436. The number of hydrogen-bond donors (Lipinski definition) is 1. The molecule has 0 saturated carbocycles. The van der Waals surface area contributed by atoms with Crippen LogP contribution < -0.4 is 5.73 Å². The molecule has 1 aliphatic rings. The van der Waals surface area contributed by atoms with Crippen LogP contribution in [0.5, 0.6) is 0 Å². The number of ether oxygens (including phenoxy) is 1. The van der Waals surface area contributed by atoms with Gasteiger partial charge < -0.3 is 19.9 Å². The normalized spacial score (nSPS) is 17.6. The highest BCUT2D eigenvalue weighted by molar-refractivity contribution is 5.92. The minimum Gasteiger partial charge on any atom is -0.461 e. The van der Waals surface area contributed by atoms with E-state index in [0.29, 0.717) is 18.3 Å². The third-order valence-electron chi connectivity index (χ3n) is 3.64. The van der Waals surface area contributed by atoms with Crippen molar-refractivity contribution in [2.45, 2.75) is 26.3 Å². The van der Waals surface area contributed by atoms with Crippen LogP contribution in [0.4, 0.5) is 5.82 Å². The lowest BCUT2D eigenvalue weighted by atomic mass is 9.97. The van der Waals surface area contributed by atoms with Gasteiger partial charge in [0, 0.05) is 6.54 Å². The van der Waals surface area contributed by atoms with E-state index in [1.807, 2.05) is 4.57 Å². The van der Waals surface area contributed by atoms with E-state index in [9.17, 15) is 4.79 Å². The van der Waals surface area contributed by atoms with Crippen LogP contribution in [0.15, 0.2) is 6.33 Å². The van der Waals surface area contributed by atoms with Crippen LogP contribution in [0.1, 0.15) is 30.3 Å². The van der Waals surface area contributed by atoms with E-state index in [4.69, 9.17) is 10.5 Å². The predicted octanol–water partition coefficient (Wildman–Crippen LogP) is 0.984. The second-order valence-corrected chi connectivity index (χ2v) is 5.10. The lowest BCUT2D eigenvalue weighted by Gasteiger charge is -2.29. The lowest BCUT2D eigenvalue weighted by Crippen LogP contribution is -2.32. The van der Waals surface area contributed by atoms with Gasteiger partial charge in [-0.1, -0.05) is 0 Å². The van der Waals surface area contributed by atoms with E-state index in [0.717, 1.165) is 32.5 Å². The number of imidazole rings is 1. The van der Waals surface area contributed by atoms with E-state index in [2.05, 4.69) is 16.9 Å². The third-order valence-corrected chi connectivity index (χ3v) is 3.64. The van der Waals surface area contributed by atoms with E-state index in [-0.39, 0.29) is 5.69 Å². The van der Waals surface area contributed by atoms with E-state index >= 15 is 0 Å². The molecule has 19 heavy (non-hydrogen) atoms. The standard InChI is InChI=1S/C13H22N4O2/c1-3-19-13(18)11-12(14)17(9-15-11)8-10-4-6-16(2)7-5-10/h9-10H,3-8,14H2,1-2H3. The molecule has 6 heteroatoms. The summed E-state index contributed by atoms with van der Waals surface area (Å²) < 4.78 is 6.79. The van der Waals surface area contributed by atoms with Gasteiger partial charge in [-0.25, -0.2) is 9.78 Å². The molecule has 0 aliphatic carbocycles. The SMILES string of the molecule is CCOC(=O)c1ncn(CC2CCN(C)CC2)c1N. The van der Waals surface area contributed by atoms with Crippen LogP contribution >= 0.6 is 0 Å². The number of rotatable bonds is 4. The van der Waals surface area contributed by atoms with Gasteiger partial charge in [-0.05, 0) is 45.8 Å². The molecule has 1 fully saturated rings. The maximum Gasteiger partial charge on any atom is 0.360 e. The summed E-state index contributed by atoms with van der Waals surface area (Å²) >= 11 is 0. The number of esters is 1. The Morgan fingerprint density at radius 1 is 1.53 bits per heavy atom. The summed E-state index contributed by atoms with van der Waals surface area (Å²) in [6.07, 6.45) is 3.95. The summed E-state index contributed by atoms with van der Waals surface area (Å²) in [6.45, 7) is 5.16. The van der Waals surface area contributed by atoms with Gasteiger partial charge in [0.05, 0.1) is 12.9 Å². The summed E-state index contributed by atoms with van der Waals surface area (Å²) in [6, 6.07) is 0. The molecule has 106 valence electrons. The molecule has 0 atom stereocenters. The van der Waals surface area contributed by atoms with E-state index < -0.39 is 5.97 Å². The largest absolute Gasteiger partial charge is 0.461 e. The first-order chi connectivity index (χ1) is 9.11. The van der Waals surface area contributed by atoms with Crippen molar-refractivity contribution in [3.63, 3.8) is 0 Å². The Labute approximate surface area is 113 Å². The number of hydrogen-bond acceptors (Lipinski definition) is 5. The molecule has 2 heterocycles. The van der Waals surface area contributed by atoms with Gasteiger partial charge in [0.2, 0.25) is 0 Å². The zero-order valence-corrected chi connectivity index (χ0v) is 11.6. The molecule has 1 saturated heterocycles. The van der Waals surface area contributed by atoms with Gasteiger partial charge in [-0.3, -0.25) is 0 Å². The Morgan fingerprint density at radius 3 is 2.84 bits per heavy atom. The zero-order chi connectivity index (χ0) is 13.8. The molecular formula is C13H22N4O2. The summed E-state index contributed by atoms with van der Waals surface area (Å²) in [5.41, 5.74) is 6.20. The van der Waals surface area contributed by atoms with Gasteiger partial charge in [0.15, 0.2) is 5.69 Å². The molecule has 1 aromatic rings. The van der Waals surface area contributed by atoms with Crippen molar-refractivity contribution >= 4 is 11.8 Å². The molecule has 1 aliphatic heterocycles. The topological polar surface area (TPSA) is 73.4 Å². The molecule has 1 aromatic heterocycles. The first-order valence-electron chi connectivity index (χ1n) is 6.78. The maximum absolute atomic E-state index is 11.6. The maximum atomic E-state index is 11.6. The molecule has 2 rings (SSSR count). The molecule has 6 nitrogen and oxygen atoms in total. The number of piperidine rings is 1. The van der Waals surface area contributed by atoms with Crippen LogP contribution in [0.2, 0.25) is 0 Å². The van der Waals surface area contributed by atoms with Crippen molar-refractivity contribution in [3.05, 3.63) is 12.0 Å². The van der Waals surface area contributed by atoms with Gasteiger partial charge in [-0.15, -0.1) is 0 Å². The van der Waals surface area contributed by atoms with Gasteiger partial charge in [0.1, 0.15) is 5.82 Å². The average molecular weight is 266 g/mol. The van der Waals surface area contributed by atoms with Crippen molar-refractivity contribution < 1.29 is 9.53 Å². The second-order valence-electron chi connectivity index (χ2n) is 5.10. The van der Waals surface area contributed by atoms with Crippen molar-refractivity contribution in [2.75, 3.05) is 32.5 Å². The minimum absolute atomic E-state index is 0.231. The molecule has 0 spiro atoms. The number of carbonyl (C=O) groups is 1. The van der Waals surface area contributed by atoms with Crippen molar-refractivity contribution in [3.8, 4) is 0 Å². The minimum atomic E-state index is -0.442. The summed E-state index contributed by atoms with van der Waals surface area (Å²) in [4.78, 5) is 18.0. The number of carbonyl (C=O) groups excluding carboxylic acids is 1. The Balaban J connectivity index is 2.00. The summed E-state index contributed by atoms with van der Waals surface area (Å²) in [5, 5.41) is 0. The van der Waals surface area contributed by atoms with Gasteiger partial charge in [-0.2, -0.15) is 0 Å². The number of nitrogens with two attached hydrogens (primary N) is 1. The smallest absolute Gasteiger partial charge is 0.360 e. The van der Waals surface area contributed by atoms with Crippen LogP contribution in [0, 0.1) is 5.92 Å². The molecule has 0 aromatic carbocycles. The Morgan fingerprint density at radius 2 is 2.21 bits per heavy atom. The molecule has 2 N–H and O–H groups in total. The van der Waals surface area contributed by atoms with Crippen molar-refractivity contribution in [1.29, 1.82) is 0 Å². The molecule has 0 radical (unpaired) electrons. The van der Waals surface area contributed by atoms with Crippen molar-refractivity contribution in [1.82, 2.24) is 14.5 Å². The average Bonchev–Trinajstić information content (AvgIpc) is 2.74. The highest BCUT2D eigenvalue weighted by atomic mass is 16.5. The monoisotopic (exact) mass is 266 g/mol. The zero-order valence-electron chi connectivity index (χ0n) is 11.6. The van der Waals surface area contributed by atoms with Gasteiger partial charge in [0.25, 0.3) is 0 Å². The first kappa shape index (κ1) is 13.9. The highest BCUT2D eigenvalue weighted by Gasteiger charge is 2.21. The second kappa shape index (κ2) is 6.06. The van der Waals surface area contributed by atoms with E-state index in [1.165, 1.54) is 0 Å². The van der Waals surface area contributed by atoms with Crippen LogP contribution in [-0.4, -0.2) is 47.2 Å². The first-order valence-corrected chi connectivity index (χ1v) is 6.78. The number of likely N-dealkylation sites (tertiary alicyclic amines) is 1. The van der Waals surface area contributed by atoms with Crippen LogP contribution in [0.3, 0.4) is 0 Å². The van der Waals surface area contributed by atoms with Crippen LogP contribution in [0.25, 0.3) is 0 Å². The summed E-state index contributed by atoms with van der Waals surface area (Å²) in [7, 11) is 2.14. The fourth-order valence-corrected chi connectivity index (χ4v) is 2.42. The number of anilines is 1. The van der Waals surface area contributed by atoms with E-state index in [1.54, 1.807) is 13.3 Å². The molecule has 0 amide bonds. The number of nitrogens with zero attached hydrogens (tertiary/aromatic N) is 3. The molecular weight excluding hydrogens is 244 g/mol. The van der Waals surface area contributed by atoms with Crippen molar-refractivity contribution in [2.24, 2.45) is 5.92 Å². The Hall–Kier alpha value is -1.56. The fourth-order valence-electron chi connectivity index (χ4n) is 2.42. The highest BCUT2D eigenvalue weighted by Crippen LogP contribution is 2.21. The number of nitrogen functional groups attached to an aromatic ring is 1. The molecule has 0 bridgehead atoms. The Kier molecular flexibility index (Phi) is 4.42. The van der Waals surface area contributed by atoms with Gasteiger partial charge >= 0.3 is 5.97 Å².